The molecule has 1 aliphatic rings. The molecule has 2 N–H and O–H groups in total. The summed E-state index contributed by atoms with van der Waals surface area (Å²) in [7, 11) is 0. The summed E-state index contributed by atoms with van der Waals surface area (Å²) >= 11 is 1.64. The predicted octanol–water partition coefficient (Wildman–Crippen LogP) is 4.27. The van der Waals surface area contributed by atoms with Gasteiger partial charge >= 0.3 is 0 Å². The highest BCUT2D eigenvalue weighted by atomic mass is 32.2. The Labute approximate surface area is 140 Å². The van der Waals surface area contributed by atoms with Crippen LogP contribution in [0.4, 0.5) is 5.69 Å². The number of fused-ring (bicyclic) bond motifs is 1. The molecule has 0 aliphatic carbocycles. The van der Waals surface area contributed by atoms with Crippen LogP contribution in [-0.4, -0.2) is 11.1 Å². The highest BCUT2D eigenvalue weighted by Gasteiger charge is 2.33. The van der Waals surface area contributed by atoms with Gasteiger partial charge in [0.15, 0.2) is 0 Å². The fourth-order valence-corrected chi connectivity index (χ4v) is 3.99. The van der Waals surface area contributed by atoms with E-state index in [1.807, 2.05) is 18.2 Å². The normalized spacial score (nSPS) is 16.5. The second-order valence-corrected chi connectivity index (χ2v) is 6.97. The number of nitrogens with zero attached hydrogens (tertiary/aromatic N) is 1. The van der Waals surface area contributed by atoms with Gasteiger partial charge in [-0.05, 0) is 47.2 Å². The fraction of sp³-hybridized carbons (Fsp3) is 0.278. The van der Waals surface area contributed by atoms with Gasteiger partial charge in [0.05, 0.1) is 12.5 Å². The summed E-state index contributed by atoms with van der Waals surface area (Å²) in [6.45, 7) is 4.34. The first-order chi connectivity index (χ1) is 11.1. The zero-order chi connectivity index (χ0) is 16.4. The lowest BCUT2D eigenvalue weighted by atomic mass is 10.0. The third kappa shape index (κ3) is 3.21. The van der Waals surface area contributed by atoms with Crippen molar-refractivity contribution in [3.63, 3.8) is 0 Å². The Balaban J connectivity index is 1.92. The zero-order valence-corrected chi connectivity index (χ0v) is 14.0. The summed E-state index contributed by atoms with van der Waals surface area (Å²) in [5.41, 5.74) is 5.22. The minimum atomic E-state index is -0.379. The molecule has 4 nitrogen and oxygen atoms in total. The Morgan fingerprint density at radius 1 is 1.22 bits per heavy atom. The first-order valence-electron chi connectivity index (χ1n) is 7.69. The fourth-order valence-electron chi connectivity index (χ4n) is 2.79. The Bertz CT molecular complexity index is 700. The van der Waals surface area contributed by atoms with Crippen LogP contribution in [0.3, 0.4) is 0 Å². The molecule has 0 spiro atoms. The average molecular weight is 328 g/mol. The van der Waals surface area contributed by atoms with Crippen molar-refractivity contribution in [1.29, 1.82) is 0 Å². The largest absolute Gasteiger partial charge is 0.304 e. The van der Waals surface area contributed by atoms with Crippen LogP contribution in [0.1, 0.15) is 43.4 Å². The summed E-state index contributed by atoms with van der Waals surface area (Å²) in [5.74, 6) is 0.111. The van der Waals surface area contributed by atoms with E-state index in [0.717, 1.165) is 16.1 Å². The van der Waals surface area contributed by atoms with Crippen molar-refractivity contribution in [3.8, 4) is 0 Å². The van der Waals surface area contributed by atoms with Crippen molar-refractivity contribution in [2.75, 3.05) is 4.31 Å². The average Bonchev–Trinajstić information content (AvgIpc) is 2.93. The molecule has 0 aromatic heterocycles. The molecule has 0 fully saturated rings. The molecule has 1 amide bonds. The van der Waals surface area contributed by atoms with Gasteiger partial charge in [-0.3, -0.25) is 10.0 Å². The maximum Gasteiger partial charge on any atom is 0.245 e. The van der Waals surface area contributed by atoms with Crippen molar-refractivity contribution in [2.24, 2.45) is 0 Å². The summed E-state index contributed by atoms with van der Waals surface area (Å²) in [5, 5.41) is 8.87. The molecule has 1 aliphatic heterocycles. The van der Waals surface area contributed by atoms with Crippen LogP contribution in [0.5, 0.6) is 0 Å². The maximum atomic E-state index is 11.7. The van der Waals surface area contributed by atoms with E-state index in [4.69, 9.17) is 5.21 Å². The van der Waals surface area contributed by atoms with E-state index >= 15 is 0 Å². The van der Waals surface area contributed by atoms with Gasteiger partial charge in [0.1, 0.15) is 0 Å². The molecule has 0 saturated carbocycles. The number of amides is 1. The molecule has 5 heteroatoms. The molecule has 2 aromatic rings. The molecule has 3 rings (SSSR count). The molecule has 120 valence electrons. The number of nitrogens with one attached hydrogen (secondary N) is 1. The number of carbonyl (C=O) groups is 1. The van der Waals surface area contributed by atoms with Crippen LogP contribution >= 0.6 is 11.9 Å². The first kappa shape index (κ1) is 15.9. The second kappa shape index (κ2) is 6.64. The van der Waals surface area contributed by atoms with Gasteiger partial charge in [-0.1, -0.05) is 44.2 Å². The summed E-state index contributed by atoms with van der Waals surface area (Å²) in [4.78, 5) is 12.9. The first-order valence-corrected chi connectivity index (χ1v) is 8.46. The monoisotopic (exact) mass is 328 g/mol. The molecule has 1 unspecified atom stereocenters. The smallest absolute Gasteiger partial charge is 0.245 e. The van der Waals surface area contributed by atoms with Gasteiger partial charge in [-0.15, -0.1) is 0 Å². The summed E-state index contributed by atoms with van der Waals surface area (Å²) in [6, 6.07) is 16.4. The topological polar surface area (TPSA) is 52.6 Å². The quantitative estimate of drug-likeness (QED) is 0.500. The Morgan fingerprint density at radius 2 is 1.91 bits per heavy atom. The van der Waals surface area contributed by atoms with Crippen LogP contribution < -0.4 is 9.79 Å². The van der Waals surface area contributed by atoms with E-state index in [-0.39, 0.29) is 18.4 Å². The number of benzene rings is 2. The van der Waals surface area contributed by atoms with Gasteiger partial charge in [-0.25, -0.2) is 5.48 Å². The summed E-state index contributed by atoms with van der Waals surface area (Å²) < 4.78 is 2.14. The van der Waals surface area contributed by atoms with Gasteiger partial charge in [-0.2, -0.15) is 0 Å². The van der Waals surface area contributed by atoms with Crippen molar-refractivity contribution in [1.82, 2.24) is 5.48 Å². The highest BCUT2D eigenvalue weighted by Crippen LogP contribution is 2.48. The van der Waals surface area contributed by atoms with Gasteiger partial charge in [0.2, 0.25) is 5.91 Å². The van der Waals surface area contributed by atoms with Crippen molar-refractivity contribution >= 4 is 23.5 Å². The molecule has 1 atom stereocenters. The zero-order valence-electron chi connectivity index (χ0n) is 13.2. The Hall–Kier alpha value is -1.98. The number of hydrogen-bond acceptors (Lipinski definition) is 4. The van der Waals surface area contributed by atoms with E-state index in [0.29, 0.717) is 5.92 Å². The molecule has 0 radical (unpaired) electrons. The van der Waals surface area contributed by atoms with E-state index < -0.39 is 0 Å². The number of hydroxylamine groups is 1. The Kier molecular flexibility index (Phi) is 4.59. The standard InChI is InChI=1S/C18H20N2O2S/c1-12(2)13-7-9-14(10-8-13)20-16(11-18(21)19-22)15-5-3-4-6-17(15)23-20/h3-10,12,16,22H,11H2,1-2H3,(H,19,21). The van der Waals surface area contributed by atoms with Crippen molar-refractivity contribution < 1.29 is 10.0 Å². The second-order valence-electron chi connectivity index (χ2n) is 5.96. The number of rotatable bonds is 4. The predicted molar refractivity (Wildman–Crippen MR) is 92.6 cm³/mol. The van der Waals surface area contributed by atoms with Crippen LogP contribution in [0.15, 0.2) is 53.4 Å². The Morgan fingerprint density at radius 3 is 2.57 bits per heavy atom. The SMILES string of the molecule is CC(C)c1ccc(N2Sc3ccccc3C2CC(=O)NO)cc1. The minimum Gasteiger partial charge on any atom is -0.304 e. The molecule has 0 saturated heterocycles. The van der Waals surface area contributed by atoms with E-state index in [1.165, 1.54) is 5.56 Å². The molecule has 2 aromatic carbocycles. The summed E-state index contributed by atoms with van der Waals surface area (Å²) in [6.07, 6.45) is 0.215. The lowest BCUT2D eigenvalue weighted by Crippen LogP contribution is -2.26. The van der Waals surface area contributed by atoms with Gasteiger partial charge in [0.25, 0.3) is 0 Å². The van der Waals surface area contributed by atoms with Gasteiger partial charge < -0.3 is 4.31 Å². The molecule has 23 heavy (non-hydrogen) atoms. The third-order valence-corrected chi connectivity index (χ3v) is 5.31. The molecule has 1 heterocycles. The third-order valence-electron chi connectivity index (χ3n) is 4.08. The number of anilines is 1. The molecular weight excluding hydrogens is 308 g/mol. The van der Waals surface area contributed by atoms with Crippen LogP contribution in [0, 0.1) is 0 Å². The lowest BCUT2D eigenvalue weighted by Gasteiger charge is -2.25. The van der Waals surface area contributed by atoms with E-state index in [9.17, 15) is 4.79 Å². The number of hydrogen-bond donors (Lipinski definition) is 2. The molecule has 0 bridgehead atoms. The lowest BCUT2D eigenvalue weighted by molar-refractivity contribution is -0.129. The van der Waals surface area contributed by atoms with Crippen LogP contribution in [0.25, 0.3) is 0 Å². The molecular formula is C18H20N2O2S. The van der Waals surface area contributed by atoms with E-state index in [1.54, 1.807) is 17.4 Å². The maximum absolute atomic E-state index is 11.7. The van der Waals surface area contributed by atoms with E-state index in [2.05, 4.69) is 48.5 Å². The number of carbonyl (C=O) groups excluding carboxylic acids is 1. The van der Waals surface area contributed by atoms with Gasteiger partial charge in [0, 0.05) is 10.6 Å². The van der Waals surface area contributed by atoms with Crippen LogP contribution in [-0.2, 0) is 4.79 Å². The minimum absolute atomic E-state index is 0.0896. The van der Waals surface area contributed by atoms with Crippen molar-refractivity contribution in [2.45, 2.75) is 37.1 Å². The van der Waals surface area contributed by atoms with Crippen LogP contribution in [0.2, 0.25) is 0 Å². The van der Waals surface area contributed by atoms with Crippen molar-refractivity contribution in [3.05, 3.63) is 59.7 Å². The highest BCUT2D eigenvalue weighted by molar-refractivity contribution is 8.01.